The van der Waals surface area contributed by atoms with E-state index in [1.807, 2.05) is 37.3 Å². The largest absolute Gasteiger partial charge is 0.444 e. The molecule has 0 spiro atoms. The fraction of sp³-hybridized carbons (Fsp3) is 0.333. The molecule has 1 aromatic heterocycles. The molecule has 1 amide bonds. The molecule has 0 saturated carbocycles. The van der Waals surface area contributed by atoms with Crippen LogP contribution in [0, 0.1) is 0 Å². The number of amides is 1. The van der Waals surface area contributed by atoms with Crippen molar-refractivity contribution >= 4 is 5.91 Å². The van der Waals surface area contributed by atoms with Gasteiger partial charge in [0.25, 0.3) is 0 Å². The van der Waals surface area contributed by atoms with E-state index in [0.717, 1.165) is 17.7 Å². The summed E-state index contributed by atoms with van der Waals surface area (Å²) in [6.45, 7) is 2.25. The zero-order valence-electron chi connectivity index (χ0n) is 11.5. The smallest absolute Gasteiger partial charge is 0.237 e. The third kappa shape index (κ3) is 3.93. The summed E-state index contributed by atoms with van der Waals surface area (Å²) >= 11 is 0. The van der Waals surface area contributed by atoms with E-state index in [0.29, 0.717) is 12.3 Å². The Morgan fingerprint density at radius 3 is 2.80 bits per heavy atom. The van der Waals surface area contributed by atoms with Crippen molar-refractivity contribution in [1.29, 1.82) is 0 Å². The van der Waals surface area contributed by atoms with Gasteiger partial charge in [-0.2, -0.15) is 0 Å². The zero-order valence-corrected chi connectivity index (χ0v) is 11.5. The Balaban J connectivity index is 1.82. The van der Waals surface area contributed by atoms with Crippen molar-refractivity contribution in [1.82, 2.24) is 10.3 Å². The molecule has 0 aliphatic carbocycles. The van der Waals surface area contributed by atoms with Crippen LogP contribution in [0.25, 0.3) is 0 Å². The number of aromatic nitrogens is 1. The first-order valence-corrected chi connectivity index (χ1v) is 6.70. The predicted molar refractivity (Wildman–Crippen MR) is 75.8 cm³/mol. The molecule has 5 nitrogen and oxygen atoms in total. The minimum atomic E-state index is -0.571. The third-order valence-corrected chi connectivity index (χ3v) is 3.00. The van der Waals surface area contributed by atoms with Gasteiger partial charge in [-0.25, -0.2) is 4.98 Å². The van der Waals surface area contributed by atoms with Gasteiger partial charge in [-0.05, 0) is 12.0 Å². The number of rotatable bonds is 6. The lowest BCUT2D eigenvalue weighted by atomic mass is 10.1. The van der Waals surface area contributed by atoms with Crippen LogP contribution in [-0.4, -0.2) is 16.9 Å². The van der Waals surface area contributed by atoms with E-state index in [4.69, 9.17) is 10.2 Å². The van der Waals surface area contributed by atoms with Gasteiger partial charge in [0.1, 0.15) is 5.76 Å². The van der Waals surface area contributed by atoms with E-state index in [1.54, 1.807) is 6.20 Å². The number of nitrogens with one attached hydrogen (secondary N) is 1. The van der Waals surface area contributed by atoms with E-state index in [-0.39, 0.29) is 12.5 Å². The van der Waals surface area contributed by atoms with E-state index in [1.165, 1.54) is 0 Å². The molecule has 0 radical (unpaired) electrons. The summed E-state index contributed by atoms with van der Waals surface area (Å²) in [6, 6.07) is 9.13. The second-order valence-corrected chi connectivity index (χ2v) is 4.59. The van der Waals surface area contributed by atoms with Crippen molar-refractivity contribution in [2.45, 2.75) is 32.4 Å². The molecule has 0 bridgehead atoms. The molecule has 1 aromatic carbocycles. The molecule has 0 aliphatic heterocycles. The summed E-state index contributed by atoms with van der Waals surface area (Å²) in [5, 5.41) is 2.74. The predicted octanol–water partition coefficient (Wildman–Crippen LogP) is 1.42. The highest BCUT2D eigenvalue weighted by Gasteiger charge is 2.14. The highest BCUT2D eigenvalue weighted by molar-refractivity contribution is 5.81. The lowest BCUT2D eigenvalue weighted by molar-refractivity contribution is -0.122. The van der Waals surface area contributed by atoms with Crippen LogP contribution < -0.4 is 11.1 Å². The van der Waals surface area contributed by atoms with E-state index in [9.17, 15) is 4.79 Å². The average molecular weight is 273 g/mol. The van der Waals surface area contributed by atoms with Crippen molar-refractivity contribution in [2.24, 2.45) is 5.73 Å². The number of hydrogen-bond donors (Lipinski definition) is 2. The van der Waals surface area contributed by atoms with E-state index in [2.05, 4.69) is 10.3 Å². The highest BCUT2D eigenvalue weighted by Crippen LogP contribution is 2.05. The SMILES string of the molecule is CCc1cnc(CNC(=O)[C@H](N)Cc2ccccc2)o1. The van der Waals surface area contributed by atoms with Crippen molar-refractivity contribution in [2.75, 3.05) is 0 Å². The molecule has 2 rings (SSSR count). The Morgan fingerprint density at radius 1 is 1.40 bits per heavy atom. The van der Waals surface area contributed by atoms with Crippen LogP contribution in [0.5, 0.6) is 0 Å². The van der Waals surface area contributed by atoms with Crippen LogP contribution in [-0.2, 0) is 24.2 Å². The van der Waals surface area contributed by atoms with Crippen molar-refractivity contribution < 1.29 is 9.21 Å². The maximum atomic E-state index is 11.9. The number of aryl methyl sites for hydroxylation is 1. The number of carbonyl (C=O) groups excluding carboxylic acids is 1. The van der Waals surface area contributed by atoms with Gasteiger partial charge in [0, 0.05) is 6.42 Å². The summed E-state index contributed by atoms with van der Waals surface area (Å²) < 4.78 is 5.41. The molecule has 2 aromatic rings. The molecular formula is C15H19N3O2. The Hall–Kier alpha value is -2.14. The summed E-state index contributed by atoms with van der Waals surface area (Å²) in [4.78, 5) is 16.0. The first kappa shape index (κ1) is 14.3. The van der Waals surface area contributed by atoms with Crippen LogP contribution in [0.4, 0.5) is 0 Å². The molecule has 0 aliphatic rings. The van der Waals surface area contributed by atoms with Gasteiger partial charge in [0.05, 0.1) is 18.8 Å². The molecule has 106 valence electrons. The quantitative estimate of drug-likeness (QED) is 0.834. The summed E-state index contributed by atoms with van der Waals surface area (Å²) in [7, 11) is 0. The van der Waals surface area contributed by atoms with E-state index >= 15 is 0 Å². The summed E-state index contributed by atoms with van der Waals surface area (Å²) in [6.07, 6.45) is 2.97. The highest BCUT2D eigenvalue weighted by atomic mass is 16.4. The second kappa shape index (κ2) is 6.86. The molecule has 5 heteroatoms. The van der Waals surface area contributed by atoms with Crippen molar-refractivity contribution in [3.8, 4) is 0 Å². The third-order valence-electron chi connectivity index (χ3n) is 3.00. The van der Waals surface area contributed by atoms with Crippen LogP contribution in [0.2, 0.25) is 0 Å². The Bertz CT molecular complexity index is 551. The fourth-order valence-electron chi connectivity index (χ4n) is 1.85. The average Bonchev–Trinajstić information content (AvgIpc) is 2.93. The lowest BCUT2D eigenvalue weighted by Crippen LogP contribution is -2.41. The Kier molecular flexibility index (Phi) is 4.90. The lowest BCUT2D eigenvalue weighted by Gasteiger charge is -2.11. The first-order chi connectivity index (χ1) is 9.69. The fourth-order valence-corrected chi connectivity index (χ4v) is 1.85. The monoisotopic (exact) mass is 273 g/mol. The summed E-state index contributed by atoms with van der Waals surface area (Å²) in [5.41, 5.74) is 6.92. The number of hydrogen-bond acceptors (Lipinski definition) is 4. The van der Waals surface area contributed by atoms with Gasteiger partial charge >= 0.3 is 0 Å². The van der Waals surface area contributed by atoms with Gasteiger partial charge in [0.15, 0.2) is 0 Å². The Morgan fingerprint density at radius 2 is 2.15 bits per heavy atom. The maximum Gasteiger partial charge on any atom is 0.237 e. The zero-order chi connectivity index (χ0) is 14.4. The number of carbonyl (C=O) groups is 1. The van der Waals surface area contributed by atoms with E-state index < -0.39 is 6.04 Å². The maximum absolute atomic E-state index is 11.9. The van der Waals surface area contributed by atoms with Gasteiger partial charge in [-0.15, -0.1) is 0 Å². The topological polar surface area (TPSA) is 81.2 Å². The molecule has 3 N–H and O–H groups in total. The van der Waals surface area contributed by atoms with Crippen LogP contribution in [0.1, 0.15) is 24.1 Å². The van der Waals surface area contributed by atoms with Gasteiger partial charge in [-0.1, -0.05) is 37.3 Å². The minimum absolute atomic E-state index is 0.204. The van der Waals surface area contributed by atoms with Gasteiger partial charge in [0.2, 0.25) is 11.8 Å². The molecule has 0 unspecified atom stereocenters. The molecule has 20 heavy (non-hydrogen) atoms. The molecule has 1 heterocycles. The van der Waals surface area contributed by atoms with Crippen LogP contribution >= 0.6 is 0 Å². The molecule has 0 saturated heterocycles. The molecular weight excluding hydrogens is 254 g/mol. The molecule has 1 atom stereocenters. The second-order valence-electron chi connectivity index (χ2n) is 4.59. The number of oxazole rings is 1. The normalized spacial score (nSPS) is 12.1. The van der Waals surface area contributed by atoms with Gasteiger partial charge in [-0.3, -0.25) is 4.79 Å². The van der Waals surface area contributed by atoms with Crippen molar-refractivity contribution in [3.63, 3.8) is 0 Å². The standard InChI is InChI=1S/C15H19N3O2/c1-2-12-9-17-14(20-12)10-18-15(19)13(16)8-11-6-4-3-5-7-11/h3-7,9,13H,2,8,10,16H2,1H3,(H,18,19)/t13-/m1/s1. The van der Waals surface area contributed by atoms with Gasteiger partial charge < -0.3 is 15.5 Å². The van der Waals surface area contributed by atoms with Crippen LogP contribution in [0.3, 0.4) is 0 Å². The van der Waals surface area contributed by atoms with Crippen LogP contribution in [0.15, 0.2) is 40.9 Å². The number of benzene rings is 1. The minimum Gasteiger partial charge on any atom is -0.444 e. The Labute approximate surface area is 118 Å². The van der Waals surface area contributed by atoms with Crippen molar-refractivity contribution in [3.05, 3.63) is 53.7 Å². The molecule has 0 fully saturated rings. The first-order valence-electron chi connectivity index (χ1n) is 6.70. The number of nitrogens with zero attached hydrogens (tertiary/aromatic N) is 1. The summed E-state index contributed by atoms with van der Waals surface area (Å²) in [5.74, 6) is 1.11. The number of nitrogens with two attached hydrogens (primary N) is 1.